The lowest BCUT2D eigenvalue weighted by atomic mass is 10.1. The van der Waals surface area contributed by atoms with Gasteiger partial charge in [0.05, 0.1) is 12.1 Å². The molecule has 0 rings (SSSR count). The van der Waals surface area contributed by atoms with Gasteiger partial charge in [-0.15, -0.1) is 0 Å². The van der Waals surface area contributed by atoms with Gasteiger partial charge in [0, 0.05) is 6.04 Å². The summed E-state index contributed by atoms with van der Waals surface area (Å²) in [5, 5.41) is 11.8. The van der Waals surface area contributed by atoms with Gasteiger partial charge in [-0.1, -0.05) is 13.8 Å². The topological polar surface area (TPSA) is 35.8 Å². The molecule has 0 aromatic rings. The van der Waals surface area contributed by atoms with Crippen LogP contribution in [0.5, 0.6) is 0 Å². The van der Waals surface area contributed by atoms with Crippen molar-refractivity contribution in [3.05, 3.63) is 0 Å². The zero-order chi connectivity index (χ0) is 8.15. The van der Waals surface area contributed by atoms with E-state index in [1.54, 1.807) is 0 Å². The average molecular weight is 140 g/mol. The second-order valence-electron chi connectivity index (χ2n) is 3.17. The van der Waals surface area contributed by atoms with Gasteiger partial charge in [-0.3, -0.25) is 5.32 Å². The summed E-state index contributed by atoms with van der Waals surface area (Å²) in [6.45, 7) is 8.19. The molecule has 0 heterocycles. The first-order chi connectivity index (χ1) is 4.57. The number of nitrogens with one attached hydrogen (secondary N) is 1. The zero-order valence-electron chi connectivity index (χ0n) is 7.18. The van der Waals surface area contributed by atoms with Crippen LogP contribution in [0, 0.1) is 17.2 Å². The van der Waals surface area contributed by atoms with Gasteiger partial charge in [0.2, 0.25) is 0 Å². The van der Waals surface area contributed by atoms with Crippen molar-refractivity contribution < 1.29 is 0 Å². The molecule has 0 saturated carbocycles. The van der Waals surface area contributed by atoms with E-state index in [1.807, 2.05) is 27.7 Å². The molecule has 0 bridgehead atoms. The lowest BCUT2D eigenvalue weighted by Gasteiger charge is -2.17. The third-order valence-corrected chi connectivity index (χ3v) is 1.32. The minimum atomic E-state index is -0.000000000000000444. The molecule has 0 aromatic carbocycles. The SMILES string of the molecule is CC(C)N[C@H](C#N)C(C)C. The standard InChI is InChI=1S/C8H16N2/c1-6(2)8(5-9)10-7(3)4/h6-8,10H,1-4H3/t8-/m1/s1. The third kappa shape index (κ3) is 3.47. The van der Waals surface area contributed by atoms with E-state index in [0.29, 0.717) is 12.0 Å². The van der Waals surface area contributed by atoms with Crippen molar-refractivity contribution >= 4 is 0 Å². The Labute approximate surface area is 63.2 Å². The highest BCUT2D eigenvalue weighted by Crippen LogP contribution is 2.00. The van der Waals surface area contributed by atoms with Crippen LogP contribution < -0.4 is 5.32 Å². The van der Waals surface area contributed by atoms with Crippen molar-refractivity contribution in [1.82, 2.24) is 5.32 Å². The molecule has 0 unspecified atom stereocenters. The van der Waals surface area contributed by atoms with Crippen LogP contribution in [0.15, 0.2) is 0 Å². The summed E-state index contributed by atoms with van der Waals surface area (Å²) in [4.78, 5) is 0. The van der Waals surface area contributed by atoms with Crippen molar-refractivity contribution in [2.45, 2.75) is 39.8 Å². The van der Waals surface area contributed by atoms with Gasteiger partial charge in [-0.25, -0.2) is 0 Å². The van der Waals surface area contributed by atoms with Crippen molar-refractivity contribution in [3.63, 3.8) is 0 Å². The van der Waals surface area contributed by atoms with Crippen LogP contribution in [0.3, 0.4) is 0 Å². The molecule has 0 aliphatic rings. The fourth-order valence-corrected chi connectivity index (χ4v) is 0.738. The van der Waals surface area contributed by atoms with E-state index in [4.69, 9.17) is 5.26 Å². The minimum Gasteiger partial charge on any atom is -0.299 e. The van der Waals surface area contributed by atoms with E-state index >= 15 is 0 Å². The second-order valence-corrected chi connectivity index (χ2v) is 3.17. The lowest BCUT2D eigenvalue weighted by molar-refractivity contribution is 0.436. The summed E-state index contributed by atoms with van der Waals surface area (Å²) >= 11 is 0. The highest BCUT2D eigenvalue weighted by Gasteiger charge is 2.11. The molecule has 0 aliphatic heterocycles. The maximum atomic E-state index is 8.63. The first-order valence-electron chi connectivity index (χ1n) is 3.73. The van der Waals surface area contributed by atoms with Crippen molar-refractivity contribution in [1.29, 1.82) is 5.26 Å². The number of nitriles is 1. The maximum Gasteiger partial charge on any atom is 0.0978 e. The van der Waals surface area contributed by atoms with Gasteiger partial charge in [0.15, 0.2) is 0 Å². The largest absolute Gasteiger partial charge is 0.299 e. The molecule has 2 heteroatoms. The fourth-order valence-electron chi connectivity index (χ4n) is 0.738. The third-order valence-electron chi connectivity index (χ3n) is 1.32. The molecule has 10 heavy (non-hydrogen) atoms. The number of nitrogens with zero attached hydrogens (tertiary/aromatic N) is 1. The monoisotopic (exact) mass is 140 g/mol. The summed E-state index contributed by atoms with van der Waals surface area (Å²) < 4.78 is 0. The predicted octanol–water partition coefficient (Wildman–Crippen LogP) is 1.53. The number of rotatable bonds is 3. The fraction of sp³-hybridized carbons (Fsp3) is 0.875. The molecule has 0 fully saturated rings. The Hall–Kier alpha value is -0.550. The van der Waals surface area contributed by atoms with E-state index in [9.17, 15) is 0 Å². The van der Waals surface area contributed by atoms with Crippen LogP contribution in [0.25, 0.3) is 0 Å². The molecular weight excluding hydrogens is 124 g/mol. The van der Waals surface area contributed by atoms with Crippen LogP contribution in [0.1, 0.15) is 27.7 Å². The molecule has 0 aliphatic carbocycles. The summed E-state index contributed by atoms with van der Waals surface area (Å²) in [6.07, 6.45) is 0. The summed E-state index contributed by atoms with van der Waals surface area (Å²) in [5.41, 5.74) is 0. The second kappa shape index (κ2) is 4.29. The van der Waals surface area contributed by atoms with Gasteiger partial charge in [-0.2, -0.15) is 5.26 Å². The molecule has 0 spiro atoms. The highest BCUT2D eigenvalue weighted by atomic mass is 14.9. The Morgan fingerprint density at radius 1 is 1.20 bits per heavy atom. The molecule has 0 amide bonds. The van der Waals surface area contributed by atoms with E-state index in [2.05, 4.69) is 11.4 Å². The first-order valence-corrected chi connectivity index (χ1v) is 3.73. The molecule has 1 atom stereocenters. The molecule has 58 valence electrons. The van der Waals surface area contributed by atoms with Crippen LogP contribution in [-0.4, -0.2) is 12.1 Å². The van der Waals surface area contributed by atoms with E-state index in [0.717, 1.165) is 0 Å². The number of hydrogen-bond acceptors (Lipinski definition) is 2. The molecular formula is C8H16N2. The molecule has 1 N–H and O–H groups in total. The summed E-state index contributed by atoms with van der Waals surface area (Å²) in [7, 11) is 0. The van der Waals surface area contributed by atoms with Gasteiger partial charge >= 0.3 is 0 Å². The van der Waals surface area contributed by atoms with Gasteiger partial charge in [0.25, 0.3) is 0 Å². The Kier molecular flexibility index (Phi) is 4.06. The molecule has 0 saturated heterocycles. The van der Waals surface area contributed by atoms with Gasteiger partial charge in [0.1, 0.15) is 0 Å². The normalized spacial score (nSPS) is 13.7. The first kappa shape index (κ1) is 9.45. The molecule has 0 aromatic heterocycles. The minimum absolute atomic E-state index is 0.000000000000000444. The zero-order valence-corrected chi connectivity index (χ0v) is 7.18. The smallest absolute Gasteiger partial charge is 0.0978 e. The Morgan fingerprint density at radius 3 is 1.80 bits per heavy atom. The van der Waals surface area contributed by atoms with Crippen LogP contribution >= 0.6 is 0 Å². The predicted molar refractivity (Wildman–Crippen MR) is 42.5 cm³/mol. The molecule has 0 radical (unpaired) electrons. The quantitative estimate of drug-likeness (QED) is 0.645. The van der Waals surface area contributed by atoms with Crippen molar-refractivity contribution in [3.8, 4) is 6.07 Å². The van der Waals surface area contributed by atoms with Gasteiger partial charge in [-0.05, 0) is 19.8 Å². The van der Waals surface area contributed by atoms with E-state index < -0.39 is 0 Å². The van der Waals surface area contributed by atoms with Crippen molar-refractivity contribution in [2.24, 2.45) is 5.92 Å². The Bertz CT molecular complexity index is 122. The van der Waals surface area contributed by atoms with Crippen LogP contribution in [0.2, 0.25) is 0 Å². The van der Waals surface area contributed by atoms with Crippen LogP contribution in [-0.2, 0) is 0 Å². The Morgan fingerprint density at radius 2 is 1.70 bits per heavy atom. The molecule has 2 nitrogen and oxygen atoms in total. The van der Waals surface area contributed by atoms with E-state index in [-0.39, 0.29) is 6.04 Å². The summed E-state index contributed by atoms with van der Waals surface area (Å²) in [6, 6.07) is 2.62. The highest BCUT2D eigenvalue weighted by molar-refractivity contribution is 4.92. The van der Waals surface area contributed by atoms with E-state index in [1.165, 1.54) is 0 Å². The number of hydrogen-bond donors (Lipinski definition) is 1. The lowest BCUT2D eigenvalue weighted by Crippen LogP contribution is -2.37. The van der Waals surface area contributed by atoms with Gasteiger partial charge < -0.3 is 0 Å². The Balaban J connectivity index is 3.75. The van der Waals surface area contributed by atoms with Crippen molar-refractivity contribution in [2.75, 3.05) is 0 Å². The summed E-state index contributed by atoms with van der Waals surface area (Å²) in [5.74, 6) is 0.396. The maximum absolute atomic E-state index is 8.63. The van der Waals surface area contributed by atoms with Crippen LogP contribution in [0.4, 0.5) is 0 Å². The average Bonchev–Trinajstić information content (AvgIpc) is 1.81.